The lowest BCUT2D eigenvalue weighted by atomic mass is 10.3. The van der Waals surface area contributed by atoms with Crippen molar-refractivity contribution in [2.24, 2.45) is 0 Å². The molecule has 3 heterocycles. The summed E-state index contributed by atoms with van der Waals surface area (Å²) in [6.45, 7) is -0.591. The van der Waals surface area contributed by atoms with Crippen molar-refractivity contribution in [3.63, 3.8) is 0 Å². The van der Waals surface area contributed by atoms with Crippen molar-refractivity contribution >= 4 is 17.0 Å². The minimum absolute atomic E-state index is 0.164. The number of halogens is 1. The zero-order valence-corrected chi connectivity index (χ0v) is 9.56. The molecule has 0 aliphatic carbocycles. The van der Waals surface area contributed by atoms with Crippen LogP contribution >= 0.6 is 0 Å². The largest absolute Gasteiger partial charge is 0.506 e. The van der Waals surface area contributed by atoms with Gasteiger partial charge in [-0.05, 0) is 0 Å². The molecule has 9 heteroatoms. The highest BCUT2D eigenvalue weighted by Crippen LogP contribution is 2.35. The van der Waals surface area contributed by atoms with E-state index in [0.717, 1.165) is 0 Å². The van der Waals surface area contributed by atoms with E-state index >= 15 is 0 Å². The molecule has 0 amide bonds. The quantitative estimate of drug-likeness (QED) is 0.702. The Labute approximate surface area is 106 Å². The fourth-order valence-corrected chi connectivity index (χ4v) is 1.93. The summed E-state index contributed by atoms with van der Waals surface area (Å²) < 4.78 is 20.4. The maximum atomic E-state index is 13.9. The molecule has 100 valence electrons. The van der Waals surface area contributed by atoms with Crippen molar-refractivity contribution in [3.8, 4) is 0 Å². The predicted molar refractivity (Wildman–Crippen MR) is 61.5 cm³/mol. The molecule has 1 unspecified atom stereocenters. The van der Waals surface area contributed by atoms with Gasteiger partial charge in [-0.2, -0.15) is 0 Å². The van der Waals surface area contributed by atoms with Gasteiger partial charge in [0.2, 0.25) is 12.4 Å². The van der Waals surface area contributed by atoms with E-state index in [0.29, 0.717) is 5.52 Å². The summed E-state index contributed by atoms with van der Waals surface area (Å²) in [4.78, 5) is 11.7. The van der Waals surface area contributed by atoms with Crippen LogP contribution < -0.4 is 5.73 Å². The number of nitrogen functional groups attached to an aromatic ring is 1. The van der Waals surface area contributed by atoms with Gasteiger partial charge in [0.15, 0.2) is 23.0 Å². The second-order valence-electron chi connectivity index (χ2n) is 3.96. The Kier molecular flexibility index (Phi) is 2.49. The van der Waals surface area contributed by atoms with Crippen molar-refractivity contribution in [1.82, 2.24) is 19.5 Å². The van der Waals surface area contributed by atoms with Gasteiger partial charge in [0.05, 0.1) is 0 Å². The smallest absolute Gasteiger partial charge is 0.217 e. The number of aliphatic hydroxyl groups is 2. The molecule has 4 N–H and O–H groups in total. The zero-order chi connectivity index (χ0) is 13.6. The highest BCUT2D eigenvalue weighted by molar-refractivity contribution is 5.81. The summed E-state index contributed by atoms with van der Waals surface area (Å²) in [5, 5.41) is 18.4. The first-order chi connectivity index (χ1) is 9.13. The molecule has 2 aromatic rings. The molecule has 0 saturated carbocycles. The van der Waals surface area contributed by atoms with Gasteiger partial charge in [0, 0.05) is 0 Å². The topological polar surface area (TPSA) is 119 Å². The number of imidazole rings is 1. The zero-order valence-electron chi connectivity index (χ0n) is 9.56. The number of rotatable bonds is 2. The number of alkyl halides is 1. The maximum absolute atomic E-state index is 13.9. The fourth-order valence-electron chi connectivity index (χ4n) is 1.93. The standard InChI is InChI=1S/C10H10FN5O3/c11-5-7(18)4(1-17)19-10(5)16-3-15-6-8(12)13-2-14-9(6)16/h2-3,5,10,17-18H,1H2,(H2,12,13,14)/t5?,10-/m1/s1. The first kappa shape index (κ1) is 11.7. The number of anilines is 1. The SMILES string of the molecule is Nc1ncnc2c1ncn2[C@@H]1OC(CO)=C(O)C1F. The van der Waals surface area contributed by atoms with E-state index in [-0.39, 0.29) is 17.2 Å². The minimum Gasteiger partial charge on any atom is -0.506 e. The predicted octanol–water partition coefficient (Wildman–Crippen LogP) is 0.0373. The Morgan fingerprint density at radius 1 is 1.42 bits per heavy atom. The van der Waals surface area contributed by atoms with Crippen LogP contribution in [0.1, 0.15) is 6.23 Å². The van der Waals surface area contributed by atoms with Crippen LogP contribution in [0.15, 0.2) is 24.2 Å². The Morgan fingerprint density at radius 2 is 2.21 bits per heavy atom. The summed E-state index contributed by atoms with van der Waals surface area (Å²) in [6.07, 6.45) is -0.476. The average Bonchev–Trinajstić information content (AvgIpc) is 2.94. The summed E-state index contributed by atoms with van der Waals surface area (Å²) in [5.74, 6) is -0.672. The average molecular weight is 267 g/mol. The van der Waals surface area contributed by atoms with Gasteiger partial charge < -0.3 is 20.7 Å². The molecular weight excluding hydrogens is 257 g/mol. The molecule has 0 fully saturated rings. The second kappa shape index (κ2) is 4.05. The summed E-state index contributed by atoms with van der Waals surface area (Å²) in [7, 11) is 0. The second-order valence-corrected chi connectivity index (χ2v) is 3.96. The van der Waals surface area contributed by atoms with Crippen LogP contribution in [0.25, 0.3) is 11.2 Å². The summed E-state index contributed by atoms with van der Waals surface area (Å²) in [6, 6.07) is 0. The molecule has 8 nitrogen and oxygen atoms in total. The van der Waals surface area contributed by atoms with E-state index in [4.69, 9.17) is 15.6 Å². The van der Waals surface area contributed by atoms with Crippen LogP contribution in [0.5, 0.6) is 0 Å². The lowest BCUT2D eigenvalue weighted by Crippen LogP contribution is -2.18. The third-order valence-electron chi connectivity index (χ3n) is 2.87. The molecule has 0 spiro atoms. The van der Waals surface area contributed by atoms with Crippen LogP contribution in [0, 0.1) is 0 Å². The Hall–Kier alpha value is -2.42. The number of aliphatic hydroxyl groups excluding tert-OH is 2. The van der Waals surface area contributed by atoms with Gasteiger partial charge in [-0.15, -0.1) is 0 Å². The number of aromatic nitrogens is 4. The van der Waals surface area contributed by atoms with Crippen molar-refractivity contribution in [3.05, 3.63) is 24.2 Å². The van der Waals surface area contributed by atoms with Crippen LogP contribution in [0.2, 0.25) is 0 Å². The lowest BCUT2D eigenvalue weighted by molar-refractivity contribution is 0.0229. The summed E-state index contributed by atoms with van der Waals surface area (Å²) in [5.41, 5.74) is 6.22. The lowest BCUT2D eigenvalue weighted by Gasteiger charge is -2.15. The number of ether oxygens (including phenoxy) is 1. The molecule has 2 atom stereocenters. The van der Waals surface area contributed by atoms with Crippen molar-refractivity contribution < 1.29 is 19.3 Å². The highest BCUT2D eigenvalue weighted by Gasteiger charge is 2.39. The number of hydrogen-bond acceptors (Lipinski definition) is 7. The van der Waals surface area contributed by atoms with E-state index < -0.39 is 24.8 Å². The monoisotopic (exact) mass is 267 g/mol. The van der Waals surface area contributed by atoms with Crippen molar-refractivity contribution in [2.75, 3.05) is 12.3 Å². The van der Waals surface area contributed by atoms with Crippen LogP contribution in [0.4, 0.5) is 10.2 Å². The molecule has 1 aliphatic rings. The molecule has 19 heavy (non-hydrogen) atoms. The molecule has 0 radical (unpaired) electrons. The molecular formula is C10H10FN5O3. The van der Waals surface area contributed by atoms with Gasteiger partial charge in [0.25, 0.3) is 0 Å². The Morgan fingerprint density at radius 3 is 2.89 bits per heavy atom. The van der Waals surface area contributed by atoms with E-state index in [2.05, 4.69) is 15.0 Å². The third-order valence-corrected chi connectivity index (χ3v) is 2.87. The number of nitrogens with zero attached hydrogens (tertiary/aromatic N) is 4. The van der Waals surface area contributed by atoms with Gasteiger partial charge in [-0.1, -0.05) is 0 Å². The number of fused-ring (bicyclic) bond motifs is 1. The van der Waals surface area contributed by atoms with E-state index in [9.17, 15) is 9.50 Å². The van der Waals surface area contributed by atoms with Crippen LogP contribution in [-0.2, 0) is 4.74 Å². The van der Waals surface area contributed by atoms with Crippen LogP contribution in [-0.4, -0.2) is 42.5 Å². The fraction of sp³-hybridized carbons (Fsp3) is 0.300. The maximum Gasteiger partial charge on any atom is 0.217 e. The molecule has 3 rings (SSSR count). The van der Waals surface area contributed by atoms with E-state index in [1.165, 1.54) is 17.2 Å². The molecule has 0 saturated heterocycles. The third kappa shape index (κ3) is 1.58. The van der Waals surface area contributed by atoms with Crippen LogP contribution in [0.3, 0.4) is 0 Å². The van der Waals surface area contributed by atoms with Gasteiger partial charge in [-0.25, -0.2) is 19.3 Å². The molecule has 1 aliphatic heterocycles. The highest BCUT2D eigenvalue weighted by atomic mass is 19.1. The first-order valence-electron chi connectivity index (χ1n) is 5.40. The van der Waals surface area contributed by atoms with E-state index in [1.54, 1.807) is 0 Å². The van der Waals surface area contributed by atoms with E-state index in [1.807, 2.05) is 0 Å². The first-order valence-corrected chi connectivity index (χ1v) is 5.40. The van der Waals surface area contributed by atoms with Gasteiger partial charge in [0.1, 0.15) is 24.8 Å². The molecule has 2 aromatic heterocycles. The van der Waals surface area contributed by atoms with Gasteiger partial charge >= 0.3 is 0 Å². The van der Waals surface area contributed by atoms with Crippen molar-refractivity contribution in [2.45, 2.75) is 12.4 Å². The molecule has 0 aromatic carbocycles. The van der Waals surface area contributed by atoms with Crippen molar-refractivity contribution in [1.29, 1.82) is 0 Å². The molecule has 0 bridgehead atoms. The Bertz CT molecular complexity index is 670. The number of hydrogen-bond donors (Lipinski definition) is 3. The Balaban J connectivity index is 2.06. The normalized spacial score (nSPS) is 23.1. The number of nitrogens with two attached hydrogens (primary N) is 1. The van der Waals surface area contributed by atoms with Gasteiger partial charge in [-0.3, -0.25) is 4.57 Å². The minimum atomic E-state index is -1.81. The summed E-state index contributed by atoms with van der Waals surface area (Å²) >= 11 is 0.